The highest BCUT2D eigenvalue weighted by molar-refractivity contribution is 8.00. The Hall–Kier alpha value is -2.69. The smallest absolute Gasteiger partial charge is 0.262 e. The molecule has 2 N–H and O–H groups in total. The number of rotatable bonds is 9. The maximum Gasteiger partial charge on any atom is 0.262 e. The zero-order valence-electron chi connectivity index (χ0n) is 17.1. The second kappa shape index (κ2) is 9.63. The van der Waals surface area contributed by atoms with Gasteiger partial charge in [-0.25, -0.2) is 13.4 Å². The predicted octanol–water partition coefficient (Wildman–Crippen LogP) is 2.51. The van der Waals surface area contributed by atoms with E-state index in [-0.39, 0.29) is 17.9 Å². The van der Waals surface area contributed by atoms with Crippen molar-refractivity contribution in [1.82, 2.24) is 9.55 Å². The van der Waals surface area contributed by atoms with Crippen LogP contribution in [-0.4, -0.2) is 47.0 Å². The molecule has 1 atom stereocenters. The molecule has 1 aromatic heterocycles. The van der Waals surface area contributed by atoms with Crippen LogP contribution in [0.25, 0.3) is 10.9 Å². The zero-order valence-corrected chi connectivity index (χ0v) is 18.7. The number of para-hydroxylation sites is 1. The van der Waals surface area contributed by atoms with Crippen molar-refractivity contribution in [3.8, 4) is 0 Å². The van der Waals surface area contributed by atoms with Crippen molar-refractivity contribution in [2.24, 2.45) is 0 Å². The van der Waals surface area contributed by atoms with Gasteiger partial charge in [0.2, 0.25) is 10.0 Å². The fourth-order valence-electron chi connectivity index (χ4n) is 3.03. The number of benzene rings is 2. The van der Waals surface area contributed by atoms with Crippen LogP contribution in [0.1, 0.15) is 23.7 Å². The summed E-state index contributed by atoms with van der Waals surface area (Å²) in [7, 11) is -3.40. The minimum atomic E-state index is -3.40. The number of sulfonamides is 1. The minimum Gasteiger partial charge on any atom is -0.396 e. The average molecular weight is 462 g/mol. The van der Waals surface area contributed by atoms with Crippen molar-refractivity contribution < 1.29 is 18.3 Å². The first kappa shape index (κ1) is 23.0. The Bertz CT molecular complexity index is 1250. The molecule has 0 amide bonds. The molecule has 0 saturated carbocycles. The van der Waals surface area contributed by atoms with Gasteiger partial charge >= 0.3 is 0 Å². The second-order valence-electron chi connectivity index (χ2n) is 7.02. The van der Waals surface area contributed by atoms with E-state index in [4.69, 9.17) is 0 Å². The molecule has 0 aliphatic rings. The summed E-state index contributed by atoms with van der Waals surface area (Å²) in [5.41, 5.74) is 1.13. The van der Waals surface area contributed by atoms with E-state index < -0.39 is 15.3 Å². The third-order valence-electron chi connectivity index (χ3n) is 4.49. The molecule has 3 aromatic rings. The van der Waals surface area contributed by atoms with Crippen LogP contribution in [0, 0.1) is 0 Å². The number of Topliss-reactive ketones (excluding diaryl/α,β-unsaturated/α-hetero) is 1. The van der Waals surface area contributed by atoms with Crippen LogP contribution in [-0.2, 0) is 16.6 Å². The number of aromatic nitrogens is 2. The second-order valence-corrected chi connectivity index (χ2v) is 10.1. The molecule has 0 aliphatic heterocycles. The van der Waals surface area contributed by atoms with E-state index in [9.17, 15) is 23.1 Å². The van der Waals surface area contributed by atoms with Crippen LogP contribution in [0.5, 0.6) is 0 Å². The molecule has 0 saturated heterocycles. The molecule has 0 radical (unpaired) electrons. The molecule has 31 heavy (non-hydrogen) atoms. The summed E-state index contributed by atoms with van der Waals surface area (Å²) < 4.78 is 26.5. The molecular weight excluding hydrogens is 438 g/mol. The number of carbonyl (C=O) groups excluding carboxylic acids is 1. The number of aliphatic hydroxyl groups excluding tert-OH is 1. The first-order valence-corrected chi connectivity index (χ1v) is 12.4. The van der Waals surface area contributed by atoms with Gasteiger partial charge in [-0.1, -0.05) is 23.9 Å². The van der Waals surface area contributed by atoms with Crippen LogP contribution < -0.4 is 10.3 Å². The number of aliphatic hydroxyl groups is 1. The van der Waals surface area contributed by atoms with E-state index >= 15 is 0 Å². The SMILES string of the molecule is CC(Sc1nc2ccccc2c(=O)n1CCCO)C(=O)c1ccc(NS(C)(=O)=O)cc1. The molecule has 2 aromatic carbocycles. The molecule has 0 aliphatic carbocycles. The van der Waals surface area contributed by atoms with Gasteiger partial charge in [-0.05, 0) is 49.7 Å². The summed E-state index contributed by atoms with van der Waals surface area (Å²) in [5, 5.41) is 9.55. The third kappa shape index (κ3) is 5.72. The summed E-state index contributed by atoms with van der Waals surface area (Å²) >= 11 is 1.18. The number of thioether (sulfide) groups is 1. The average Bonchev–Trinajstić information content (AvgIpc) is 2.72. The Balaban J connectivity index is 1.87. The quantitative estimate of drug-likeness (QED) is 0.285. The van der Waals surface area contributed by atoms with E-state index in [0.717, 1.165) is 6.26 Å². The standard InChI is InChI=1S/C21H23N3O5S2/c1-14(19(26)15-8-10-16(11-9-15)23-31(2,28)29)30-21-22-18-7-4-3-6-17(18)20(27)24(21)12-5-13-25/h3-4,6-11,14,23,25H,5,12-13H2,1-2H3. The lowest BCUT2D eigenvalue weighted by Gasteiger charge is -2.16. The zero-order chi connectivity index (χ0) is 22.6. The fraction of sp³-hybridized carbons (Fsp3) is 0.286. The van der Waals surface area contributed by atoms with Gasteiger partial charge in [-0.2, -0.15) is 0 Å². The summed E-state index contributed by atoms with van der Waals surface area (Å²) in [5.74, 6) is -0.174. The first-order valence-electron chi connectivity index (χ1n) is 9.59. The van der Waals surface area contributed by atoms with Gasteiger partial charge < -0.3 is 5.11 Å². The van der Waals surface area contributed by atoms with E-state index in [2.05, 4.69) is 9.71 Å². The Labute approximate surface area is 184 Å². The lowest BCUT2D eigenvalue weighted by molar-refractivity contribution is 0.0994. The number of hydrogen-bond donors (Lipinski definition) is 2. The molecule has 0 bridgehead atoms. The van der Waals surface area contributed by atoms with Crippen LogP contribution in [0.3, 0.4) is 0 Å². The minimum absolute atomic E-state index is 0.0638. The van der Waals surface area contributed by atoms with Crippen LogP contribution >= 0.6 is 11.8 Å². The normalized spacial score (nSPS) is 12.6. The summed E-state index contributed by atoms with van der Waals surface area (Å²) in [6.45, 7) is 1.96. The number of nitrogens with zero attached hydrogens (tertiary/aromatic N) is 2. The van der Waals surface area contributed by atoms with Crippen molar-refractivity contribution in [3.05, 3.63) is 64.4 Å². The monoisotopic (exact) mass is 461 g/mol. The number of nitrogens with one attached hydrogen (secondary N) is 1. The van der Waals surface area contributed by atoms with Gasteiger partial charge in [-0.15, -0.1) is 0 Å². The van der Waals surface area contributed by atoms with E-state index in [1.807, 2.05) is 0 Å². The Kier molecular flexibility index (Phi) is 7.14. The van der Waals surface area contributed by atoms with Crippen LogP contribution in [0.15, 0.2) is 58.5 Å². The van der Waals surface area contributed by atoms with Crippen molar-refractivity contribution in [2.75, 3.05) is 17.6 Å². The Morgan fingerprint density at radius 3 is 2.52 bits per heavy atom. The molecule has 10 heteroatoms. The van der Waals surface area contributed by atoms with Crippen molar-refractivity contribution in [1.29, 1.82) is 0 Å². The highest BCUT2D eigenvalue weighted by Crippen LogP contribution is 2.26. The predicted molar refractivity (Wildman–Crippen MR) is 122 cm³/mol. The van der Waals surface area contributed by atoms with E-state index in [1.165, 1.54) is 28.5 Å². The maximum atomic E-state index is 12.9. The number of hydrogen-bond acceptors (Lipinski definition) is 7. The summed E-state index contributed by atoms with van der Waals surface area (Å²) in [6, 6.07) is 13.2. The molecule has 0 spiro atoms. The number of ketones is 1. The third-order valence-corrected chi connectivity index (χ3v) is 6.19. The van der Waals surface area contributed by atoms with Gasteiger partial charge in [0.05, 0.1) is 22.4 Å². The molecule has 3 rings (SSSR count). The van der Waals surface area contributed by atoms with Gasteiger partial charge in [0, 0.05) is 24.4 Å². The fourth-order valence-corrected chi connectivity index (χ4v) is 4.60. The lowest BCUT2D eigenvalue weighted by Crippen LogP contribution is -2.25. The van der Waals surface area contributed by atoms with Gasteiger partial charge in [-0.3, -0.25) is 18.9 Å². The van der Waals surface area contributed by atoms with Gasteiger partial charge in [0.25, 0.3) is 5.56 Å². The molecule has 0 fully saturated rings. The van der Waals surface area contributed by atoms with Gasteiger partial charge in [0.1, 0.15) is 0 Å². The van der Waals surface area contributed by atoms with Crippen LogP contribution in [0.2, 0.25) is 0 Å². The molecule has 1 heterocycles. The van der Waals surface area contributed by atoms with Gasteiger partial charge in [0.15, 0.2) is 10.9 Å². The van der Waals surface area contributed by atoms with E-state index in [1.54, 1.807) is 43.3 Å². The number of anilines is 1. The van der Waals surface area contributed by atoms with Crippen molar-refractivity contribution >= 4 is 44.2 Å². The van der Waals surface area contributed by atoms with Crippen molar-refractivity contribution in [2.45, 2.75) is 30.3 Å². The number of carbonyl (C=O) groups is 1. The topological polar surface area (TPSA) is 118 Å². The molecular formula is C21H23N3O5S2. The van der Waals surface area contributed by atoms with Crippen molar-refractivity contribution in [3.63, 3.8) is 0 Å². The highest BCUT2D eigenvalue weighted by atomic mass is 32.2. The Morgan fingerprint density at radius 1 is 1.19 bits per heavy atom. The Morgan fingerprint density at radius 2 is 1.87 bits per heavy atom. The highest BCUT2D eigenvalue weighted by Gasteiger charge is 2.20. The lowest BCUT2D eigenvalue weighted by atomic mass is 10.1. The van der Waals surface area contributed by atoms with E-state index in [0.29, 0.717) is 40.3 Å². The number of fused-ring (bicyclic) bond motifs is 1. The summed E-state index contributed by atoms with van der Waals surface area (Å²) in [4.78, 5) is 30.4. The first-order chi connectivity index (χ1) is 14.7. The maximum absolute atomic E-state index is 12.9. The summed E-state index contributed by atoms with van der Waals surface area (Å²) in [6.07, 6.45) is 1.45. The molecule has 164 valence electrons. The molecule has 1 unspecified atom stereocenters. The largest absolute Gasteiger partial charge is 0.396 e. The molecule has 8 nitrogen and oxygen atoms in total. The van der Waals surface area contributed by atoms with Crippen LogP contribution in [0.4, 0.5) is 5.69 Å².